The summed E-state index contributed by atoms with van der Waals surface area (Å²) in [6.07, 6.45) is 9.56. The van der Waals surface area contributed by atoms with Crippen LogP contribution in [0.25, 0.3) is 11.3 Å². The number of fused-ring (bicyclic) bond motifs is 1. The number of terminal acetylenes is 1. The molecule has 0 spiro atoms. The molecule has 0 fully saturated rings. The monoisotopic (exact) mass is 360 g/mol. The molecule has 1 aliphatic heterocycles. The fraction of sp³-hybridized carbons (Fsp3) is 0.143. The third-order valence-corrected chi connectivity index (χ3v) is 4.74. The molecule has 0 aliphatic carbocycles. The van der Waals surface area contributed by atoms with Crippen LogP contribution in [0.5, 0.6) is 0 Å². The Balaban J connectivity index is 1.94. The van der Waals surface area contributed by atoms with Crippen LogP contribution in [0, 0.1) is 25.1 Å². The van der Waals surface area contributed by atoms with E-state index in [1.807, 2.05) is 0 Å². The van der Waals surface area contributed by atoms with Crippen LogP contribution in [0.15, 0.2) is 36.7 Å². The van der Waals surface area contributed by atoms with E-state index in [0.717, 1.165) is 11.3 Å². The highest BCUT2D eigenvalue weighted by Crippen LogP contribution is 2.38. The number of anilines is 2. The summed E-state index contributed by atoms with van der Waals surface area (Å²) < 4.78 is 14.0. The number of amides is 1. The molecule has 0 saturated heterocycles. The summed E-state index contributed by atoms with van der Waals surface area (Å²) in [5.74, 6) is 2.14. The van der Waals surface area contributed by atoms with E-state index >= 15 is 0 Å². The van der Waals surface area contributed by atoms with Crippen molar-refractivity contribution in [1.82, 2.24) is 15.3 Å². The van der Waals surface area contributed by atoms with Crippen LogP contribution in [0.4, 0.5) is 15.8 Å². The molecule has 27 heavy (non-hydrogen) atoms. The number of hydrogen-bond donors (Lipinski definition) is 3. The number of hydrogen-bond acceptors (Lipinski definition) is 3. The fourth-order valence-corrected chi connectivity index (χ4v) is 3.31. The van der Waals surface area contributed by atoms with Crippen molar-refractivity contribution >= 4 is 17.3 Å². The number of halogens is 1. The highest BCUT2D eigenvalue weighted by Gasteiger charge is 2.28. The number of pyridine rings is 1. The van der Waals surface area contributed by atoms with Gasteiger partial charge in [0.05, 0.1) is 22.5 Å². The van der Waals surface area contributed by atoms with Crippen LogP contribution in [-0.4, -0.2) is 22.4 Å². The van der Waals surface area contributed by atoms with Gasteiger partial charge in [-0.3, -0.25) is 9.78 Å². The number of H-pyrrole nitrogens is 1. The standard InChI is InChI=1S/C21H17FN4O/c1-3-13-11-23-9-7-14(13)19-20(18-17(26-19)8-10-24-21(18)27)25-16-6-4-5-15(22)12(16)2/h1,4-7,9,11,25-26H,8,10H2,2H3,(H,24,27). The molecule has 0 bridgehead atoms. The SMILES string of the molecule is C#Cc1cnccc1-c1[nH]c2c(c1Nc1cccc(F)c1C)C(=O)NCC2. The van der Waals surface area contributed by atoms with Crippen LogP contribution >= 0.6 is 0 Å². The normalized spacial score (nSPS) is 12.9. The van der Waals surface area contributed by atoms with Gasteiger partial charge in [0.15, 0.2) is 0 Å². The van der Waals surface area contributed by atoms with E-state index in [-0.39, 0.29) is 11.7 Å². The van der Waals surface area contributed by atoms with Crippen LogP contribution in [0.3, 0.4) is 0 Å². The molecule has 0 radical (unpaired) electrons. The minimum absolute atomic E-state index is 0.174. The number of benzene rings is 1. The Labute approximate surface area is 156 Å². The molecule has 3 heterocycles. The van der Waals surface area contributed by atoms with Crippen molar-refractivity contribution in [2.75, 3.05) is 11.9 Å². The average Bonchev–Trinajstić information content (AvgIpc) is 3.05. The number of carbonyl (C=O) groups is 1. The quantitative estimate of drug-likeness (QED) is 0.626. The molecule has 4 rings (SSSR count). The van der Waals surface area contributed by atoms with Crippen LogP contribution in [0.2, 0.25) is 0 Å². The van der Waals surface area contributed by atoms with Crippen molar-refractivity contribution in [2.24, 2.45) is 0 Å². The highest BCUT2D eigenvalue weighted by atomic mass is 19.1. The van der Waals surface area contributed by atoms with E-state index in [9.17, 15) is 9.18 Å². The molecule has 1 aromatic carbocycles. The van der Waals surface area contributed by atoms with Crippen molar-refractivity contribution in [3.63, 3.8) is 0 Å². The largest absolute Gasteiger partial charge is 0.356 e. The maximum Gasteiger partial charge on any atom is 0.255 e. The van der Waals surface area contributed by atoms with E-state index < -0.39 is 0 Å². The summed E-state index contributed by atoms with van der Waals surface area (Å²) in [5, 5.41) is 6.11. The lowest BCUT2D eigenvalue weighted by atomic mass is 10.0. The number of nitrogens with one attached hydrogen (secondary N) is 3. The first-order chi connectivity index (χ1) is 13.1. The Morgan fingerprint density at radius 1 is 1.33 bits per heavy atom. The summed E-state index contributed by atoms with van der Waals surface area (Å²) in [7, 11) is 0. The van der Waals surface area contributed by atoms with E-state index in [4.69, 9.17) is 6.42 Å². The van der Waals surface area contributed by atoms with Crippen LogP contribution < -0.4 is 10.6 Å². The van der Waals surface area contributed by atoms with Crippen molar-refractivity contribution in [3.05, 3.63) is 64.9 Å². The molecule has 2 aromatic heterocycles. The zero-order chi connectivity index (χ0) is 19.0. The summed E-state index contributed by atoms with van der Waals surface area (Å²) in [4.78, 5) is 20.0. The van der Waals surface area contributed by atoms with E-state index in [2.05, 4.69) is 26.5 Å². The first-order valence-electron chi connectivity index (χ1n) is 8.56. The smallest absolute Gasteiger partial charge is 0.255 e. The molecule has 3 N–H and O–H groups in total. The number of carbonyl (C=O) groups excluding carboxylic acids is 1. The van der Waals surface area contributed by atoms with E-state index in [1.54, 1.807) is 37.5 Å². The molecular weight excluding hydrogens is 343 g/mol. The zero-order valence-corrected chi connectivity index (χ0v) is 14.7. The van der Waals surface area contributed by atoms with Gasteiger partial charge in [-0.1, -0.05) is 12.0 Å². The van der Waals surface area contributed by atoms with Gasteiger partial charge in [-0.2, -0.15) is 0 Å². The van der Waals surface area contributed by atoms with Gasteiger partial charge >= 0.3 is 0 Å². The molecule has 0 saturated carbocycles. The Morgan fingerprint density at radius 2 is 2.19 bits per heavy atom. The van der Waals surface area contributed by atoms with Crippen molar-refractivity contribution in [1.29, 1.82) is 0 Å². The Morgan fingerprint density at radius 3 is 3.00 bits per heavy atom. The summed E-state index contributed by atoms with van der Waals surface area (Å²) in [5.41, 5.74) is 5.05. The second-order valence-electron chi connectivity index (χ2n) is 6.34. The Hall–Kier alpha value is -3.59. The molecule has 134 valence electrons. The molecule has 0 unspecified atom stereocenters. The summed E-state index contributed by atoms with van der Waals surface area (Å²) in [6, 6.07) is 6.60. The van der Waals surface area contributed by atoms with Gasteiger partial charge in [0.25, 0.3) is 5.91 Å². The first-order valence-corrected chi connectivity index (χ1v) is 8.56. The minimum Gasteiger partial charge on any atom is -0.356 e. The molecule has 1 amide bonds. The minimum atomic E-state index is -0.316. The number of nitrogens with zero attached hydrogens (tertiary/aromatic N) is 1. The molecule has 6 heteroatoms. The second kappa shape index (κ2) is 6.61. The van der Waals surface area contributed by atoms with Gasteiger partial charge in [0.1, 0.15) is 5.82 Å². The molecule has 5 nitrogen and oxygen atoms in total. The van der Waals surface area contributed by atoms with Crippen LogP contribution in [-0.2, 0) is 6.42 Å². The van der Waals surface area contributed by atoms with Crippen molar-refractivity contribution < 1.29 is 9.18 Å². The molecular formula is C21H17FN4O. The predicted molar refractivity (Wildman–Crippen MR) is 102 cm³/mol. The molecule has 0 atom stereocenters. The lowest BCUT2D eigenvalue weighted by Gasteiger charge is -2.16. The zero-order valence-electron chi connectivity index (χ0n) is 14.7. The predicted octanol–water partition coefficient (Wildman–Crippen LogP) is 3.54. The first kappa shape index (κ1) is 16.9. The van der Waals surface area contributed by atoms with Crippen molar-refractivity contribution in [2.45, 2.75) is 13.3 Å². The topological polar surface area (TPSA) is 69.8 Å². The van der Waals surface area contributed by atoms with Crippen molar-refractivity contribution in [3.8, 4) is 23.6 Å². The maximum absolute atomic E-state index is 14.0. The highest BCUT2D eigenvalue weighted by molar-refractivity contribution is 6.06. The molecule has 3 aromatic rings. The molecule has 1 aliphatic rings. The van der Waals surface area contributed by atoms with Gasteiger partial charge in [0.2, 0.25) is 0 Å². The Bertz CT molecular complexity index is 1090. The number of aromatic nitrogens is 2. The van der Waals surface area contributed by atoms with Crippen LogP contribution in [0.1, 0.15) is 27.2 Å². The van der Waals surface area contributed by atoms with Gasteiger partial charge in [-0.05, 0) is 25.1 Å². The van der Waals surface area contributed by atoms with Gasteiger partial charge in [0, 0.05) is 47.9 Å². The summed E-state index contributed by atoms with van der Waals surface area (Å²) >= 11 is 0. The summed E-state index contributed by atoms with van der Waals surface area (Å²) in [6.45, 7) is 2.25. The lowest BCUT2D eigenvalue weighted by molar-refractivity contribution is 0.0947. The number of aromatic amines is 1. The lowest BCUT2D eigenvalue weighted by Crippen LogP contribution is -2.31. The fourth-order valence-electron chi connectivity index (χ4n) is 3.31. The van der Waals surface area contributed by atoms with E-state index in [1.165, 1.54) is 6.07 Å². The maximum atomic E-state index is 14.0. The van der Waals surface area contributed by atoms with Gasteiger partial charge in [-0.25, -0.2) is 4.39 Å². The Kier molecular flexibility index (Phi) is 4.13. The second-order valence-corrected chi connectivity index (χ2v) is 6.34. The average molecular weight is 360 g/mol. The van der Waals surface area contributed by atoms with E-state index in [0.29, 0.717) is 46.7 Å². The van der Waals surface area contributed by atoms with Gasteiger partial charge in [-0.15, -0.1) is 6.42 Å². The third kappa shape index (κ3) is 2.83. The van der Waals surface area contributed by atoms with Gasteiger partial charge < -0.3 is 15.6 Å². The number of rotatable bonds is 3. The third-order valence-electron chi connectivity index (χ3n) is 4.74.